The maximum Gasteiger partial charge on any atom is 0.416 e. The van der Waals surface area contributed by atoms with Gasteiger partial charge in [0, 0.05) is 23.7 Å². The second kappa shape index (κ2) is 6.56. The van der Waals surface area contributed by atoms with E-state index < -0.39 is 28.1 Å². The Morgan fingerprint density at radius 3 is 2.58 bits per heavy atom. The third kappa shape index (κ3) is 3.62. The van der Waals surface area contributed by atoms with Crippen LogP contribution in [-0.2, 0) is 6.18 Å². The summed E-state index contributed by atoms with van der Waals surface area (Å²) in [5.74, 6) is -0.500. The molecule has 1 saturated carbocycles. The van der Waals surface area contributed by atoms with Gasteiger partial charge in [-0.05, 0) is 30.5 Å². The zero-order valence-corrected chi connectivity index (χ0v) is 13.8. The van der Waals surface area contributed by atoms with Gasteiger partial charge in [-0.3, -0.25) is 10.1 Å². The van der Waals surface area contributed by atoms with Crippen molar-refractivity contribution in [2.24, 2.45) is 0 Å². The fraction of sp³-hybridized carbons (Fsp3) is 0.250. The summed E-state index contributed by atoms with van der Waals surface area (Å²) < 4.78 is 44.8. The van der Waals surface area contributed by atoms with Crippen LogP contribution in [0.15, 0.2) is 28.2 Å². The molecular weight excluding hydrogens is 377 g/mol. The Hall–Kier alpha value is -2.68. The molecule has 0 atom stereocenters. The van der Waals surface area contributed by atoms with Gasteiger partial charge in [-0.1, -0.05) is 11.6 Å². The van der Waals surface area contributed by atoms with Gasteiger partial charge in [-0.2, -0.15) is 13.2 Å². The van der Waals surface area contributed by atoms with Crippen LogP contribution in [0.1, 0.15) is 24.2 Å². The first-order chi connectivity index (χ1) is 12.2. The number of aromatic hydroxyl groups is 1. The molecule has 1 aromatic carbocycles. The number of hydrogen-bond donors (Lipinski definition) is 2. The number of rotatable bonds is 5. The van der Waals surface area contributed by atoms with Gasteiger partial charge in [-0.15, -0.1) is 0 Å². The van der Waals surface area contributed by atoms with Gasteiger partial charge < -0.3 is 14.8 Å². The van der Waals surface area contributed by atoms with E-state index in [1.54, 1.807) is 0 Å². The van der Waals surface area contributed by atoms with E-state index in [2.05, 4.69) is 5.32 Å². The van der Waals surface area contributed by atoms with Gasteiger partial charge >= 0.3 is 6.18 Å². The minimum absolute atomic E-state index is 0.0309. The Kier molecular flexibility index (Phi) is 4.57. The van der Waals surface area contributed by atoms with Crippen molar-refractivity contribution >= 4 is 29.2 Å². The highest BCUT2D eigenvalue weighted by Gasteiger charge is 2.34. The molecule has 0 bridgehead atoms. The molecule has 0 radical (unpaired) electrons. The van der Waals surface area contributed by atoms with E-state index >= 15 is 0 Å². The van der Waals surface area contributed by atoms with Gasteiger partial charge in [0.15, 0.2) is 11.5 Å². The van der Waals surface area contributed by atoms with Gasteiger partial charge in [0.05, 0.1) is 16.1 Å². The summed E-state index contributed by atoms with van der Waals surface area (Å²) in [6.45, 7) is 0. The molecule has 0 aliphatic heterocycles. The lowest BCUT2D eigenvalue weighted by molar-refractivity contribution is -0.385. The smallest absolute Gasteiger partial charge is 0.416 e. The standard InChI is InChI=1S/C16H12ClF3N2O4/c17-4-3-12-14(23)13(15(26-12)21-10-1-2-10)8-5-9(16(18,19)20)7-11(6-8)22(24)25/h3-7,10,21,23H,1-2H2. The number of anilines is 1. The van der Waals surface area contributed by atoms with Gasteiger partial charge in [0.2, 0.25) is 5.88 Å². The lowest BCUT2D eigenvalue weighted by Crippen LogP contribution is -2.06. The normalized spacial score (nSPS) is 14.8. The topological polar surface area (TPSA) is 88.5 Å². The van der Waals surface area contributed by atoms with Crippen LogP contribution in [0.25, 0.3) is 17.2 Å². The number of hydrogen-bond acceptors (Lipinski definition) is 5. The molecule has 3 rings (SSSR count). The van der Waals surface area contributed by atoms with Gasteiger partial charge in [0.1, 0.15) is 0 Å². The average molecular weight is 389 g/mol. The predicted molar refractivity (Wildman–Crippen MR) is 89.0 cm³/mol. The number of furan rings is 1. The Bertz CT molecular complexity index is 888. The summed E-state index contributed by atoms with van der Waals surface area (Å²) in [6, 6.07) is 2.18. The number of alkyl halides is 3. The summed E-state index contributed by atoms with van der Waals surface area (Å²) in [5.41, 5.74) is -1.16. The molecular formula is C16H12ClF3N2O4. The van der Waals surface area contributed by atoms with E-state index in [1.807, 2.05) is 0 Å². The summed E-state index contributed by atoms with van der Waals surface area (Å²) in [7, 11) is 0. The number of halogens is 4. The van der Waals surface area contributed by atoms with Crippen molar-refractivity contribution in [3.05, 3.63) is 45.2 Å². The van der Waals surface area contributed by atoms with E-state index in [0.29, 0.717) is 6.07 Å². The van der Waals surface area contributed by atoms with Gasteiger partial charge in [-0.25, -0.2) is 0 Å². The summed E-state index contributed by atoms with van der Waals surface area (Å²) >= 11 is 5.48. The summed E-state index contributed by atoms with van der Waals surface area (Å²) in [6.07, 6.45) is -1.89. The molecule has 26 heavy (non-hydrogen) atoms. The first-order valence-corrected chi connectivity index (χ1v) is 7.90. The quantitative estimate of drug-likeness (QED) is 0.531. The SMILES string of the molecule is O=[N+]([O-])c1cc(-c2c(NC3CC3)oc(C=CCl)c2O)cc(C(F)(F)F)c1. The number of non-ortho nitro benzene ring substituents is 1. The van der Waals surface area contributed by atoms with Crippen LogP contribution >= 0.6 is 11.6 Å². The van der Waals surface area contributed by atoms with E-state index in [4.69, 9.17) is 16.0 Å². The first kappa shape index (κ1) is 18.1. The van der Waals surface area contributed by atoms with Crippen molar-refractivity contribution in [1.29, 1.82) is 0 Å². The van der Waals surface area contributed by atoms with Crippen LogP contribution in [0.3, 0.4) is 0 Å². The third-order valence-electron chi connectivity index (χ3n) is 3.78. The fourth-order valence-electron chi connectivity index (χ4n) is 2.42. The second-order valence-electron chi connectivity index (χ2n) is 5.75. The Balaban J connectivity index is 2.21. The predicted octanol–water partition coefficient (Wildman–Crippen LogP) is 5.36. The summed E-state index contributed by atoms with van der Waals surface area (Å²) in [5, 5.41) is 24.3. The van der Waals surface area contributed by atoms with Gasteiger partial charge in [0.25, 0.3) is 5.69 Å². The number of nitro groups is 1. The molecule has 1 heterocycles. The van der Waals surface area contributed by atoms with Crippen molar-refractivity contribution in [3.63, 3.8) is 0 Å². The molecule has 0 spiro atoms. The van der Waals surface area contributed by atoms with Crippen molar-refractivity contribution in [2.45, 2.75) is 25.1 Å². The number of benzene rings is 1. The molecule has 6 nitrogen and oxygen atoms in total. The summed E-state index contributed by atoms with van der Waals surface area (Å²) in [4.78, 5) is 10.1. The molecule has 2 N–H and O–H groups in total. The molecule has 0 unspecified atom stereocenters. The molecule has 1 aliphatic carbocycles. The Labute approximate surface area is 150 Å². The lowest BCUT2D eigenvalue weighted by atomic mass is 10.0. The second-order valence-corrected chi connectivity index (χ2v) is 6.01. The third-order valence-corrected chi connectivity index (χ3v) is 3.91. The van der Waals surface area contributed by atoms with Crippen molar-refractivity contribution in [3.8, 4) is 16.9 Å². The number of nitrogens with one attached hydrogen (secondary N) is 1. The van der Waals surface area contributed by atoms with E-state index in [0.717, 1.165) is 30.5 Å². The number of nitro benzene ring substituents is 1. The zero-order valence-electron chi connectivity index (χ0n) is 13.0. The fourth-order valence-corrected chi connectivity index (χ4v) is 2.53. The highest BCUT2D eigenvalue weighted by atomic mass is 35.5. The van der Waals surface area contributed by atoms with Crippen LogP contribution in [0.5, 0.6) is 5.75 Å². The minimum Gasteiger partial charge on any atom is -0.504 e. The molecule has 0 amide bonds. The lowest BCUT2D eigenvalue weighted by Gasteiger charge is -2.10. The van der Waals surface area contributed by atoms with Crippen LogP contribution in [0.2, 0.25) is 0 Å². The molecule has 138 valence electrons. The maximum atomic E-state index is 13.1. The molecule has 2 aromatic rings. The average Bonchev–Trinajstić information content (AvgIpc) is 3.31. The Morgan fingerprint density at radius 1 is 1.35 bits per heavy atom. The monoisotopic (exact) mass is 388 g/mol. The van der Waals surface area contributed by atoms with Crippen LogP contribution in [0, 0.1) is 10.1 Å². The largest absolute Gasteiger partial charge is 0.504 e. The Morgan fingerprint density at radius 2 is 2.04 bits per heavy atom. The minimum atomic E-state index is -4.79. The zero-order chi connectivity index (χ0) is 19.1. The van der Waals surface area contributed by atoms with Crippen LogP contribution in [-0.4, -0.2) is 16.1 Å². The highest BCUT2D eigenvalue weighted by molar-refractivity contribution is 6.27. The van der Waals surface area contributed by atoms with E-state index in [-0.39, 0.29) is 28.8 Å². The molecule has 10 heteroatoms. The van der Waals surface area contributed by atoms with Crippen molar-refractivity contribution < 1.29 is 27.6 Å². The molecule has 1 aliphatic rings. The highest BCUT2D eigenvalue weighted by Crippen LogP contribution is 2.46. The molecule has 1 fully saturated rings. The van der Waals surface area contributed by atoms with E-state index in [1.165, 1.54) is 6.08 Å². The first-order valence-electron chi connectivity index (χ1n) is 7.47. The van der Waals surface area contributed by atoms with Crippen molar-refractivity contribution in [2.75, 3.05) is 5.32 Å². The number of nitrogens with zero attached hydrogens (tertiary/aromatic N) is 1. The maximum absolute atomic E-state index is 13.1. The molecule has 0 saturated heterocycles. The van der Waals surface area contributed by atoms with Crippen LogP contribution in [0.4, 0.5) is 24.7 Å². The van der Waals surface area contributed by atoms with E-state index in [9.17, 15) is 28.4 Å². The molecule has 1 aromatic heterocycles. The van der Waals surface area contributed by atoms with Crippen molar-refractivity contribution in [1.82, 2.24) is 0 Å². The van der Waals surface area contributed by atoms with Crippen LogP contribution < -0.4 is 5.32 Å².